The van der Waals surface area contributed by atoms with Gasteiger partial charge in [0.05, 0.1) is 17.6 Å². The first-order valence-corrected chi connectivity index (χ1v) is 10.7. The van der Waals surface area contributed by atoms with Gasteiger partial charge in [0.15, 0.2) is 0 Å². The Morgan fingerprint density at radius 2 is 1.34 bits per heavy atom. The highest BCUT2D eigenvalue weighted by atomic mass is 35.5. The van der Waals surface area contributed by atoms with Crippen LogP contribution in [0, 0.1) is 0 Å². The topological polar surface area (TPSA) is 73.1 Å². The molecule has 0 aliphatic carbocycles. The molecular formula is C25H22ClN3O3. The number of para-hydroxylation sites is 2. The average Bonchev–Trinajstić information content (AvgIpc) is 2.81. The Morgan fingerprint density at radius 3 is 2.03 bits per heavy atom. The molecular weight excluding hydrogens is 426 g/mol. The molecule has 0 aliphatic heterocycles. The van der Waals surface area contributed by atoms with Gasteiger partial charge < -0.3 is 5.32 Å². The summed E-state index contributed by atoms with van der Waals surface area (Å²) >= 11 is 5.95. The number of nitrogens with zero attached hydrogens (tertiary/aromatic N) is 2. The standard InChI is InChI=1S/C25H22ClN3O3/c26-20-12-10-19(11-13-20)16-28-21-8-4-5-9-22(21)29(25(32)24(28)31)17-23(30)27-15-14-18-6-2-1-3-7-18/h1-13H,14-17H2,(H,27,30). The Bertz CT molecular complexity index is 1360. The van der Waals surface area contributed by atoms with Crippen molar-refractivity contribution in [3.05, 3.63) is 116 Å². The molecule has 3 aromatic carbocycles. The monoisotopic (exact) mass is 447 g/mol. The number of benzene rings is 3. The second kappa shape index (κ2) is 9.66. The lowest BCUT2D eigenvalue weighted by molar-refractivity contribution is -0.121. The Labute approximate surface area is 189 Å². The second-order valence-electron chi connectivity index (χ2n) is 7.48. The lowest BCUT2D eigenvalue weighted by Crippen LogP contribution is -2.44. The van der Waals surface area contributed by atoms with Crippen LogP contribution in [-0.2, 0) is 24.3 Å². The van der Waals surface area contributed by atoms with Crippen molar-refractivity contribution in [3.8, 4) is 0 Å². The summed E-state index contributed by atoms with van der Waals surface area (Å²) in [5.41, 5.74) is 1.68. The normalized spacial score (nSPS) is 10.9. The van der Waals surface area contributed by atoms with Crippen LogP contribution in [0.15, 0.2) is 88.5 Å². The van der Waals surface area contributed by atoms with E-state index in [9.17, 15) is 14.4 Å². The van der Waals surface area contributed by atoms with Crippen molar-refractivity contribution >= 4 is 28.5 Å². The number of fused-ring (bicyclic) bond motifs is 1. The minimum atomic E-state index is -0.726. The van der Waals surface area contributed by atoms with Crippen LogP contribution in [0.4, 0.5) is 0 Å². The first-order valence-electron chi connectivity index (χ1n) is 10.3. The molecule has 0 radical (unpaired) electrons. The number of carbonyl (C=O) groups excluding carboxylic acids is 1. The molecule has 0 spiro atoms. The maximum absolute atomic E-state index is 12.9. The smallest absolute Gasteiger partial charge is 0.317 e. The predicted octanol–water partition coefficient (Wildman–Crippen LogP) is 3.22. The summed E-state index contributed by atoms with van der Waals surface area (Å²) in [4.78, 5) is 38.4. The van der Waals surface area contributed by atoms with Crippen molar-refractivity contribution in [2.24, 2.45) is 0 Å². The number of hydrogen-bond acceptors (Lipinski definition) is 3. The number of hydrogen-bond donors (Lipinski definition) is 1. The van der Waals surface area contributed by atoms with Gasteiger partial charge >= 0.3 is 11.1 Å². The Kier molecular flexibility index (Phi) is 6.52. The molecule has 0 bridgehead atoms. The van der Waals surface area contributed by atoms with Gasteiger partial charge in [-0.25, -0.2) is 0 Å². The second-order valence-corrected chi connectivity index (χ2v) is 7.92. The van der Waals surface area contributed by atoms with Crippen molar-refractivity contribution in [2.45, 2.75) is 19.5 Å². The summed E-state index contributed by atoms with van der Waals surface area (Å²) in [6, 6.07) is 24.0. The Balaban J connectivity index is 1.59. The molecule has 0 fully saturated rings. The van der Waals surface area contributed by atoms with Gasteiger partial charge in [0.2, 0.25) is 5.91 Å². The first-order chi connectivity index (χ1) is 15.5. The summed E-state index contributed by atoms with van der Waals surface area (Å²) in [7, 11) is 0. The molecule has 0 saturated carbocycles. The SMILES string of the molecule is O=C(Cn1c(=O)c(=O)n(Cc2ccc(Cl)cc2)c2ccccc21)NCCc1ccccc1. The molecule has 4 aromatic rings. The lowest BCUT2D eigenvalue weighted by Gasteiger charge is -2.15. The lowest BCUT2D eigenvalue weighted by atomic mass is 10.1. The highest BCUT2D eigenvalue weighted by molar-refractivity contribution is 6.30. The van der Waals surface area contributed by atoms with Gasteiger partial charge in [-0.1, -0.05) is 66.2 Å². The van der Waals surface area contributed by atoms with E-state index in [1.54, 1.807) is 36.4 Å². The summed E-state index contributed by atoms with van der Waals surface area (Å²) in [6.45, 7) is 0.462. The van der Waals surface area contributed by atoms with E-state index in [2.05, 4.69) is 5.32 Å². The molecule has 162 valence electrons. The van der Waals surface area contributed by atoms with E-state index < -0.39 is 11.1 Å². The van der Waals surface area contributed by atoms with Crippen molar-refractivity contribution in [1.29, 1.82) is 0 Å². The molecule has 0 saturated heterocycles. The van der Waals surface area contributed by atoms with Crippen molar-refractivity contribution in [2.75, 3.05) is 6.54 Å². The fourth-order valence-corrected chi connectivity index (χ4v) is 3.77. The zero-order valence-corrected chi connectivity index (χ0v) is 18.1. The molecule has 0 aliphatic rings. The predicted molar refractivity (Wildman–Crippen MR) is 126 cm³/mol. The van der Waals surface area contributed by atoms with E-state index in [4.69, 9.17) is 11.6 Å². The van der Waals surface area contributed by atoms with Gasteiger partial charge in [0.25, 0.3) is 0 Å². The van der Waals surface area contributed by atoms with Crippen molar-refractivity contribution < 1.29 is 4.79 Å². The van der Waals surface area contributed by atoms with Crippen LogP contribution in [0.3, 0.4) is 0 Å². The highest BCUT2D eigenvalue weighted by Gasteiger charge is 2.15. The molecule has 0 atom stereocenters. The van der Waals surface area contributed by atoms with Gasteiger partial charge in [0, 0.05) is 11.6 Å². The maximum Gasteiger partial charge on any atom is 0.317 e. The minimum Gasteiger partial charge on any atom is -0.354 e. The molecule has 6 nitrogen and oxygen atoms in total. The number of aromatic nitrogens is 2. The third-order valence-corrected chi connectivity index (χ3v) is 5.52. The molecule has 1 N–H and O–H groups in total. The van der Waals surface area contributed by atoms with E-state index in [1.165, 1.54) is 9.13 Å². The molecule has 1 amide bonds. The van der Waals surface area contributed by atoms with E-state index in [1.807, 2.05) is 42.5 Å². The summed E-state index contributed by atoms with van der Waals surface area (Å²) < 4.78 is 2.68. The number of halogens is 1. The Hall–Kier alpha value is -3.64. The van der Waals surface area contributed by atoms with Gasteiger partial charge in [-0.15, -0.1) is 0 Å². The highest BCUT2D eigenvalue weighted by Crippen LogP contribution is 2.14. The number of rotatable bonds is 7. The largest absolute Gasteiger partial charge is 0.354 e. The van der Waals surface area contributed by atoms with Crippen LogP contribution in [0.1, 0.15) is 11.1 Å². The maximum atomic E-state index is 12.9. The molecule has 1 aromatic heterocycles. The number of amides is 1. The zero-order valence-electron chi connectivity index (χ0n) is 17.3. The molecule has 32 heavy (non-hydrogen) atoms. The van der Waals surface area contributed by atoms with Crippen LogP contribution in [0.5, 0.6) is 0 Å². The third kappa shape index (κ3) is 4.81. The summed E-state index contributed by atoms with van der Waals surface area (Å²) in [5.74, 6) is -0.317. The van der Waals surface area contributed by atoms with Gasteiger partial charge in [-0.05, 0) is 41.8 Å². The quantitative estimate of drug-likeness (QED) is 0.442. The molecule has 1 heterocycles. The van der Waals surface area contributed by atoms with Crippen LogP contribution in [-0.4, -0.2) is 21.6 Å². The fourth-order valence-electron chi connectivity index (χ4n) is 3.65. The Morgan fingerprint density at radius 1 is 0.750 bits per heavy atom. The first kappa shape index (κ1) is 21.6. The molecule has 7 heteroatoms. The van der Waals surface area contributed by atoms with E-state index >= 15 is 0 Å². The summed E-state index contributed by atoms with van der Waals surface area (Å²) in [6.07, 6.45) is 0.685. The molecule has 0 unspecified atom stereocenters. The van der Waals surface area contributed by atoms with E-state index in [0.29, 0.717) is 29.0 Å². The number of nitrogens with one attached hydrogen (secondary N) is 1. The van der Waals surface area contributed by atoms with Crippen LogP contribution in [0.2, 0.25) is 5.02 Å². The third-order valence-electron chi connectivity index (χ3n) is 5.27. The van der Waals surface area contributed by atoms with E-state index in [0.717, 1.165) is 11.1 Å². The summed E-state index contributed by atoms with van der Waals surface area (Å²) in [5, 5.41) is 3.43. The van der Waals surface area contributed by atoms with Crippen LogP contribution < -0.4 is 16.4 Å². The van der Waals surface area contributed by atoms with Crippen LogP contribution in [0.25, 0.3) is 11.0 Å². The van der Waals surface area contributed by atoms with E-state index in [-0.39, 0.29) is 19.0 Å². The minimum absolute atomic E-state index is 0.217. The van der Waals surface area contributed by atoms with Gasteiger partial charge in [-0.3, -0.25) is 23.5 Å². The fraction of sp³-hybridized carbons (Fsp3) is 0.160. The van der Waals surface area contributed by atoms with Gasteiger partial charge in [-0.2, -0.15) is 0 Å². The molecule has 4 rings (SSSR count). The van der Waals surface area contributed by atoms with Crippen LogP contribution >= 0.6 is 11.6 Å². The van der Waals surface area contributed by atoms with Crippen molar-refractivity contribution in [3.63, 3.8) is 0 Å². The average molecular weight is 448 g/mol. The van der Waals surface area contributed by atoms with Gasteiger partial charge in [0.1, 0.15) is 6.54 Å². The van der Waals surface area contributed by atoms with Crippen molar-refractivity contribution in [1.82, 2.24) is 14.5 Å². The number of carbonyl (C=O) groups is 1. The zero-order chi connectivity index (χ0) is 22.5.